The van der Waals surface area contributed by atoms with E-state index < -0.39 is 21.9 Å². The van der Waals surface area contributed by atoms with E-state index in [0.717, 1.165) is 37.7 Å². The molecule has 4 rings (SSSR count). The second-order valence-electron chi connectivity index (χ2n) is 8.99. The van der Waals surface area contributed by atoms with Crippen LogP contribution in [0.4, 0.5) is 4.39 Å². The van der Waals surface area contributed by atoms with Crippen molar-refractivity contribution in [1.29, 1.82) is 0 Å². The summed E-state index contributed by atoms with van der Waals surface area (Å²) in [6, 6.07) is 2.72. The zero-order valence-electron chi connectivity index (χ0n) is 17.6. The molecule has 0 aromatic heterocycles. The zero-order chi connectivity index (χ0) is 21.4. The van der Waals surface area contributed by atoms with Crippen molar-refractivity contribution in [1.82, 2.24) is 9.03 Å². The monoisotopic (exact) mass is 438 g/mol. The molecule has 1 heterocycles. The van der Waals surface area contributed by atoms with Crippen LogP contribution in [-0.4, -0.2) is 38.3 Å². The molecule has 2 aliphatic carbocycles. The molecule has 1 amide bonds. The van der Waals surface area contributed by atoms with E-state index in [9.17, 15) is 17.6 Å². The van der Waals surface area contributed by atoms with Crippen molar-refractivity contribution >= 4 is 16.1 Å². The van der Waals surface area contributed by atoms with Crippen molar-refractivity contribution in [3.8, 4) is 5.75 Å². The second-order valence-corrected chi connectivity index (χ2v) is 10.7. The van der Waals surface area contributed by atoms with E-state index >= 15 is 0 Å². The van der Waals surface area contributed by atoms with Crippen LogP contribution in [0.1, 0.15) is 86.6 Å². The van der Waals surface area contributed by atoms with Crippen molar-refractivity contribution in [3.05, 3.63) is 29.1 Å². The highest BCUT2D eigenvalue weighted by atomic mass is 32.2. The number of hydrogen-bond donors (Lipinski definition) is 1. The van der Waals surface area contributed by atoms with Gasteiger partial charge in [-0.3, -0.25) is 4.79 Å². The molecule has 0 atom stereocenters. The molecule has 3 fully saturated rings. The highest BCUT2D eigenvalue weighted by molar-refractivity contribution is 7.87. The minimum atomic E-state index is -3.91. The van der Waals surface area contributed by atoms with E-state index in [1.165, 1.54) is 42.1 Å². The third-order valence-corrected chi connectivity index (χ3v) is 8.29. The predicted octanol–water partition coefficient (Wildman–Crippen LogP) is 4.12. The average Bonchev–Trinajstić information content (AvgIpc) is 3.54. The van der Waals surface area contributed by atoms with E-state index in [2.05, 4.69) is 6.92 Å². The maximum Gasteiger partial charge on any atom is 0.304 e. The van der Waals surface area contributed by atoms with Crippen molar-refractivity contribution in [2.45, 2.75) is 70.6 Å². The summed E-state index contributed by atoms with van der Waals surface area (Å²) in [7, 11) is -3.91. The number of benzene rings is 1. The van der Waals surface area contributed by atoms with Crippen molar-refractivity contribution < 1.29 is 22.3 Å². The fourth-order valence-electron chi connectivity index (χ4n) is 4.09. The minimum absolute atomic E-state index is 0.244. The van der Waals surface area contributed by atoms with E-state index in [0.29, 0.717) is 30.9 Å². The smallest absolute Gasteiger partial charge is 0.304 e. The molecule has 0 unspecified atom stereocenters. The van der Waals surface area contributed by atoms with Gasteiger partial charge in [0.15, 0.2) is 0 Å². The Morgan fingerprint density at radius 1 is 1.27 bits per heavy atom. The van der Waals surface area contributed by atoms with Gasteiger partial charge in [0.2, 0.25) is 0 Å². The first-order valence-electron chi connectivity index (χ1n) is 11.1. The average molecular weight is 439 g/mol. The molecule has 3 aliphatic rings. The third kappa shape index (κ3) is 4.80. The Morgan fingerprint density at radius 2 is 2.00 bits per heavy atom. The minimum Gasteiger partial charge on any atom is -0.493 e. The highest BCUT2D eigenvalue weighted by Crippen LogP contribution is 2.52. The Morgan fingerprint density at radius 3 is 2.57 bits per heavy atom. The van der Waals surface area contributed by atoms with E-state index in [4.69, 9.17) is 4.74 Å². The van der Waals surface area contributed by atoms with Crippen LogP contribution >= 0.6 is 0 Å². The molecule has 1 saturated heterocycles. The lowest BCUT2D eigenvalue weighted by atomic mass is 9.96. The number of nitrogens with one attached hydrogen (secondary N) is 1. The summed E-state index contributed by atoms with van der Waals surface area (Å²) < 4.78 is 48.0. The second kappa shape index (κ2) is 8.46. The van der Waals surface area contributed by atoms with Crippen LogP contribution in [0.3, 0.4) is 0 Å². The quantitative estimate of drug-likeness (QED) is 0.527. The number of nitrogens with zero attached hydrogens (tertiary/aromatic N) is 1. The highest BCUT2D eigenvalue weighted by Gasteiger charge is 2.39. The standard InChI is InChI=1S/C22H31FN2O4S/c1-2-22(9-10-22)8-3-4-13-29-20-15-19(23)18(14-17(20)16-6-7-16)21(26)24-30(27,28)25-11-5-12-25/h14-16H,2-13H2,1H3,(H,24,26). The number of hydrogen-bond acceptors (Lipinski definition) is 4. The van der Waals surface area contributed by atoms with Crippen LogP contribution in [0, 0.1) is 11.2 Å². The molecule has 1 aromatic carbocycles. The maximum atomic E-state index is 14.7. The van der Waals surface area contributed by atoms with E-state index in [1.54, 1.807) is 0 Å². The Hall–Kier alpha value is -1.67. The van der Waals surface area contributed by atoms with Gasteiger partial charge in [-0.25, -0.2) is 9.11 Å². The summed E-state index contributed by atoms with van der Waals surface area (Å²) in [5, 5.41) is 0. The molecule has 1 aliphatic heterocycles. The Labute approximate surface area is 178 Å². The van der Waals surface area contributed by atoms with Crippen molar-refractivity contribution in [2.24, 2.45) is 5.41 Å². The van der Waals surface area contributed by atoms with Gasteiger partial charge in [0.25, 0.3) is 5.91 Å². The largest absolute Gasteiger partial charge is 0.493 e. The zero-order valence-corrected chi connectivity index (χ0v) is 18.4. The van der Waals surface area contributed by atoms with Crippen LogP contribution in [0.5, 0.6) is 5.75 Å². The lowest BCUT2D eigenvalue weighted by molar-refractivity contribution is 0.0973. The molecule has 6 nitrogen and oxygen atoms in total. The van der Waals surface area contributed by atoms with Gasteiger partial charge in [-0.15, -0.1) is 0 Å². The van der Waals surface area contributed by atoms with Crippen LogP contribution in [-0.2, 0) is 10.2 Å². The molecule has 8 heteroatoms. The molecule has 0 bridgehead atoms. The molecule has 0 radical (unpaired) electrons. The third-order valence-electron chi connectivity index (χ3n) is 6.80. The normalized spacial score (nSPS) is 20.5. The van der Waals surface area contributed by atoms with Gasteiger partial charge < -0.3 is 4.74 Å². The van der Waals surface area contributed by atoms with Gasteiger partial charge in [0.05, 0.1) is 12.2 Å². The SMILES string of the molecule is CCC1(CCCCOc2cc(F)c(C(=O)NS(=O)(=O)N3CCC3)cc2C2CC2)CC1. The van der Waals surface area contributed by atoms with E-state index in [-0.39, 0.29) is 11.5 Å². The number of halogens is 1. The van der Waals surface area contributed by atoms with Crippen LogP contribution in [0.15, 0.2) is 12.1 Å². The summed E-state index contributed by atoms with van der Waals surface area (Å²) in [4.78, 5) is 12.5. The van der Waals surface area contributed by atoms with E-state index in [1.807, 2.05) is 4.72 Å². The predicted molar refractivity (Wildman–Crippen MR) is 112 cm³/mol. The molecule has 0 spiro atoms. The van der Waals surface area contributed by atoms with Gasteiger partial charge in [-0.1, -0.05) is 13.3 Å². The molecule has 166 valence electrons. The number of carbonyl (C=O) groups is 1. The lowest BCUT2D eigenvalue weighted by Gasteiger charge is -2.29. The molecule has 30 heavy (non-hydrogen) atoms. The topological polar surface area (TPSA) is 75.7 Å². The number of amides is 1. The summed E-state index contributed by atoms with van der Waals surface area (Å²) in [6.45, 7) is 3.53. The van der Waals surface area contributed by atoms with Crippen LogP contribution < -0.4 is 9.46 Å². The first-order valence-corrected chi connectivity index (χ1v) is 12.6. The lowest BCUT2D eigenvalue weighted by Crippen LogP contribution is -2.49. The Bertz CT molecular complexity index is 906. The fourth-order valence-corrected chi connectivity index (χ4v) is 5.30. The fraction of sp³-hybridized carbons (Fsp3) is 0.682. The van der Waals surface area contributed by atoms with Gasteiger partial charge in [0, 0.05) is 19.2 Å². The Balaban J connectivity index is 1.39. The van der Waals surface area contributed by atoms with Crippen LogP contribution in [0.2, 0.25) is 0 Å². The Kier molecular flexibility index (Phi) is 6.08. The summed E-state index contributed by atoms with van der Waals surface area (Å²) in [6.07, 6.45) is 9.84. The maximum absolute atomic E-state index is 14.7. The van der Waals surface area contributed by atoms with Gasteiger partial charge in [-0.2, -0.15) is 12.7 Å². The van der Waals surface area contributed by atoms with Gasteiger partial charge in [-0.05, 0) is 74.3 Å². The van der Waals surface area contributed by atoms with Crippen LogP contribution in [0.25, 0.3) is 0 Å². The van der Waals surface area contributed by atoms with Crippen molar-refractivity contribution in [2.75, 3.05) is 19.7 Å². The number of rotatable bonds is 11. The number of unbranched alkanes of at least 4 members (excludes halogenated alkanes) is 1. The van der Waals surface area contributed by atoms with Gasteiger partial charge in [0.1, 0.15) is 11.6 Å². The summed E-state index contributed by atoms with van der Waals surface area (Å²) in [5.41, 5.74) is 1.12. The summed E-state index contributed by atoms with van der Waals surface area (Å²) in [5.74, 6) is -0.960. The first-order chi connectivity index (χ1) is 14.3. The molecule has 2 saturated carbocycles. The number of carbonyl (C=O) groups excluding carboxylic acids is 1. The molecule has 1 N–H and O–H groups in total. The van der Waals surface area contributed by atoms with Gasteiger partial charge >= 0.3 is 10.2 Å². The molecular formula is C22H31FN2O4S. The van der Waals surface area contributed by atoms with Crippen molar-refractivity contribution in [3.63, 3.8) is 0 Å². The molecular weight excluding hydrogens is 407 g/mol. The summed E-state index contributed by atoms with van der Waals surface area (Å²) >= 11 is 0. The number of ether oxygens (including phenoxy) is 1. The first kappa shape index (κ1) is 21.6. The molecule has 1 aromatic rings.